The minimum absolute atomic E-state index is 0. The molecule has 0 aliphatic rings. The van der Waals surface area contributed by atoms with Crippen molar-refractivity contribution >= 4 is 27.9 Å². The molecule has 0 aliphatic carbocycles. The fourth-order valence-corrected chi connectivity index (χ4v) is 2.57. The Morgan fingerprint density at radius 3 is 2.82 bits per heavy atom. The van der Waals surface area contributed by atoms with Gasteiger partial charge in [0.05, 0.1) is 5.97 Å². The minimum Gasteiger partial charge on any atom is -0.545 e. The molecule has 0 saturated heterocycles. The second-order valence-corrected chi connectivity index (χ2v) is 4.87. The molecule has 0 amide bonds. The van der Waals surface area contributed by atoms with Gasteiger partial charge in [0.15, 0.2) is 0 Å². The van der Waals surface area contributed by atoms with Crippen LogP contribution in [0.1, 0.15) is 10.4 Å². The van der Waals surface area contributed by atoms with Gasteiger partial charge in [-0.1, -0.05) is 6.07 Å². The van der Waals surface area contributed by atoms with Gasteiger partial charge in [0.25, 0.3) is 0 Å². The number of carbonyl (C=O) groups is 1. The van der Waals surface area contributed by atoms with Crippen LogP contribution in [0.5, 0.6) is 0 Å². The zero-order chi connectivity index (χ0) is 14.4. The van der Waals surface area contributed by atoms with Gasteiger partial charge in [0.1, 0.15) is 5.65 Å². The Hall–Kier alpha value is -1.44. The maximum atomic E-state index is 11.0. The molecule has 3 aromatic heterocycles. The van der Waals surface area contributed by atoms with E-state index in [2.05, 4.69) is 15.0 Å². The van der Waals surface area contributed by atoms with Crippen LogP contribution in [0.15, 0.2) is 48.8 Å². The van der Waals surface area contributed by atoms with Crippen LogP contribution in [0.2, 0.25) is 0 Å². The van der Waals surface area contributed by atoms with Crippen molar-refractivity contribution in [1.29, 1.82) is 0 Å². The minimum atomic E-state index is -1.18. The molecule has 22 heavy (non-hydrogen) atoms. The average molecular weight is 315 g/mol. The first-order valence-corrected chi connectivity index (χ1v) is 6.49. The third-order valence-electron chi connectivity index (χ3n) is 3.60. The summed E-state index contributed by atoms with van der Waals surface area (Å²) < 4.78 is 0. The predicted molar refractivity (Wildman–Crippen MR) is 77.7 cm³/mol. The molecule has 0 atom stereocenters. The number of rotatable bonds is 2. The van der Waals surface area contributed by atoms with Crippen LogP contribution >= 0.6 is 0 Å². The van der Waals surface area contributed by atoms with Crippen molar-refractivity contribution in [2.45, 2.75) is 0 Å². The number of hydrogen-bond acceptors (Lipinski definition) is 3. The second-order valence-electron chi connectivity index (χ2n) is 4.87. The number of pyridine rings is 1. The summed E-state index contributed by atoms with van der Waals surface area (Å²) in [4.78, 5) is 21.7. The summed E-state index contributed by atoms with van der Waals surface area (Å²) in [5.74, 6) is -1.18. The number of carbonyl (C=O) groups excluding carboxylic acids is 1. The van der Waals surface area contributed by atoms with Gasteiger partial charge in [0, 0.05) is 39.9 Å². The van der Waals surface area contributed by atoms with Crippen LogP contribution in [0.25, 0.3) is 33.2 Å². The van der Waals surface area contributed by atoms with E-state index in [0.717, 1.165) is 33.2 Å². The summed E-state index contributed by atoms with van der Waals surface area (Å²) in [6, 6.07) is 10.7. The van der Waals surface area contributed by atoms with Crippen molar-refractivity contribution in [2.24, 2.45) is 0 Å². The predicted octanol–water partition coefficient (Wildman–Crippen LogP) is -0.921. The summed E-state index contributed by atoms with van der Waals surface area (Å²) in [6.07, 6.45) is 3.58. The van der Waals surface area contributed by atoms with Crippen LogP contribution < -0.4 is 56.5 Å². The van der Waals surface area contributed by atoms with Crippen LogP contribution in [0.3, 0.4) is 0 Å². The smallest absolute Gasteiger partial charge is 0.545 e. The van der Waals surface area contributed by atoms with Crippen LogP contribution in [0, 0.1) is 0 Å². The number of aromatic carboxylic acids is 1. The number of benzene rings is 1. The van der Waals surface area contributed by atoms with E-state index in [-0.39, 0.29) is 56.9 Å². The number of aromatic amines is 2. The molecule has 0 bridgehead atoms. The Bertz CT molecular complexity index is 954. The molecule has 0 spiro atoms. The van der Waals surface area contributed by atoms with Gasteiger partial charge in [0.2, 0.25) is 0 Å². The third-order valence-corrected chi connectivity index (χ3v) is 3.60. The van der Waals surface area contributed by atoms with Crippen molar-refractivity contribution < 1.29 is 61.3 Å². The number of carboxylic acid groups (broad SMARTS) is 1. The molecule has 3 heterocycles. The van der Waals surface area contributed by atoms with E-state index >= 15 is 0 Å². The van der Waals surface area contributed by atoms with Gasteiger partial charge in [-0.15, -0.1) is 0 Å². The summed E-state index contributed by atoms with van der Waals surface area (Å²) >= 11 is 0. The molecule has 0 radical (unpaired) electrons. The summed E-state index contributed by atoms with van der Waals surface area (Å²) in [7, 11) is 0. The number of aromatic nitrogens is 3. The normalized spacial score (nSPS) is 10.7. The molecule has 4 rings (SSSR count). The molecule has 102 valence electrons. The molecule has 1 aromatic carbocycles. The zero-order valence-corrected chi connectivity index (χ0v) is 15.0. The van der Waals surface area contributed by atoms with Gasteiger partial charge in [-0.05, 0) is 35.9 Å². The number of H-pyrrole nitrogens is 2. The molecular weight excluding hydrogens is 305 g/mol. The van der Waals surface area contributed by atoms with Gasteiger partial charge < -0.3 is 19.9 Å². The molecule has 0 saturated carbocycles. The Balaban J connectivity index is 0.00000144. The Labute approximate surface area is 168 Å². The number of fused-ring (bicyclic) bond motifs is 2. The molecule has 6 heteroatoms. The van der Waals surface area contributed by atoms with Gasteiger partial charge in [-0.2, -0.15) is 0 Å². The first kappa shape index (κ1) is 15.5. The van der Waals surface area contributed by atoms with Crippen LogP contribution in [-0.2, 0) is 0 Å². The van der Waals surface area contributed by atoms with E-state index in [1.807, 2.05) is 24.4 Å². The molecule has 2 N–H and O–H groups in total. The van der Waals surface area contributed by atoms with Gasteiger partial charge in [-0.3, -0.25) is 0 Å². The standard InChI is InChI=1S/C16H11N3O2.K/c20-16(21)10-3-4-13-11(6-10)12(8-18-13)14-7-9-2-1-5-17-15(9)19-14;/h1-8,18H,(H,17,19)(H,20,21);/q;+1/p-1. The van der Waals surface area contributed by atoms with E-state index in [1.165, 1.54) is 6.07 Å². The third kappa shape index (κ3) is 2.53. The van der Waals surface area contributed by atoms with Crippen molar-refractivity contribution in [3.05, 3.63) is 54.4 Å². The zero-order valence-electron chi connectivity index (χ0n) is 11.9. The van der Waals surface area contributed by atoms with E-state index in [1.54, 1.807) is 18.3 Å². The molecule has 0 fully saturated rings. The van der Waals surface area contributed by atoms with Crippen molar-refractivity contribution in [3.63, 3.8) is 0 Å². The SMILES string of the molecule is O=C([O-])c1ccc2[nH]cc(-c3cc4cccnc4[nH]3)c2c1.[K+]. The van der Waals surface area contributed by atoms with Crippen molar-refractivity contribution in [3.8, 4) is 11.3 Å². The Morgan fingerprint density at radius 1 is 1.18 bits per heavy atom. The van der Waals surface area contributed by atoms with E-state index in [9.17, 15) is 9.90 Å². The van der Waals surface area contributed by atoms with Gasteiger partial charge in [-0.25, -0.2) is 4.98 Å². The van der Waals surface area contributed by atoms with Gasteiger partial charge >= 0.3 is 51.4 Å². The first-order chi connectivity index (χ1) is 10.2. The maximum Gasteiger partial charge on any atom is 1.00 e. The topological polar surface area (TPSA) is 84.6 Å². The summed E-state index contributed by atoms with van der Waals surface area (Å²) in [5.41, 5.74) is 3.65. The second kappa shape index (κ2) is 5.98. The monoisotopic (exact) mass is 315 g/mol. The average Bonchev–Trinajstić information content (AvgIpc) is 3.09. The first-order valence-electron chi connectivity index (χ1n) is 6.49. The fraction of sp³-hybridized carbons (Fsp3) is 0. The summed E-state index contributed by atoms with van der Waals surface area (Å²) in [6.45, 7) is 0. The van der Waals surface area contributed by atoms with Crippen molar-refractivity contribution in [1.82, 2.24) is 15.0 Å². The van der Waals surface area contributed by atoms with E-state index in [4.69, 9.17) is 0 Å². The summed E-state index contributed by atoms with van der Waals surface area (Å²) in [5, 5.41) is 12.9. The van der Waals surface area contributed by atoms with E-state index in [0.29, 0.717) is 0 Å². The molecule has 5 nitrogen and oxygen atoms in total. The molecule has 0 aliphatic heterocycles. The number of carboxylic acids is 1. The van der Waals surface area contributed by atoms with Crippen LogP contribution in [0.4, 0.5) is 0 Å². The molecule has 4 aromatic rings. The number of nitrogens with zero attached hydrogens (tertiary/aromatic N) is 1. The quantitative estimate of drug-likeness (QED) is 0.469. The Morgan fingerprint density at radius 2 is 2.05 bits per heavy atom. The van der Waals surface area contributed by atoms with E-state index < -0.39 is 5.97 Å². The maximum absolute atomic E-state index is 11.0. The fourth-order valence-electron chi connectivity index (χ4n) is 2.57. The number of nitrogens with one attached hydrogen (secondary N) is 2. The Kier molecular flexibility index (Phi) is 4.20. The largest absolute Gasteiger partial charge is 1.00 e. The molecular formula is C16H10KN3O2. The molecule has 0 unspecified atom stereocenters. The van der Waals surface area contributed by atoms with Crippen LogP contribution in [-0.4, -0.2) is 20.9 Å². The van der Waals surface area contributed by atoms with Crippen molar-refractivity contribution in [2.75, 3.05) is 0 Å². The number of hydrogen-bond donors (Lipinski definition) is 2.